The monoisotopic (exact) mass is 952 g/mol. The van der Waals surface area contributed by atoms with Crippen LogP contribution in [0.1, 0.15) is 181 Å². The fourth-order valence-electron chi connectivity index (χ4n) is 6.54. The molecule has 67 heavy (non-hydrogen) atoms. The highest BCUT2D eigenvalue weighted by Gasteiger charge is 2.20. The Hall–Kier alpha value is -3.10. The maximum Gasteiger partial charge on any atom is 0.306 e. The van der Waals surface area contributed by atoms with Gasteiger partial charge in [-0.1, -0.05) is 193 Å². The predicted octanol–water partition coefficient (Wildman–Crippen LogP) is 15.9. The first-order chi connectivity index (χ1) is 32.6. The molecule has 9 heteroatoms. The van der Waals surface area contributed by atoms with Crippen LogP contribution in [0.5, 0.6) is 0 Å². The van der Waals surface area contributed by atoms with Crippen LogP contribution in [0.4, 0.5) is 0 Å². The van der Waals surface area contributed by atoms with E-state index in [4.69, 9.17) is 18.5 Å². The van der Waals surface area contributed by atoms with Crippen LogP contribution >= 0.6 is 7.82 Å². The molecule has 0 spiro atoms. The molecule has 0 heterocycles. The number of ether oxygens (including phenoxy) is 2. The number of esters is 1. The predicted molar refractivity (Wildman–Crippen MR) is 286 cm³/mol. The number of hydrogen-bond donors (Lipinski definition) is 0. The van der Waals surface area contributed by atoms with Crippen LogP contribution in [0.15, 0.2) is 122 Å². The third-order valence-corrected chi connectivity index (χ3v) is 11.5. The van der Waals surface area contributed by atoms with Gasteiger partial charge in [-0.05, 0) is 103 Å². The van der Waals surface area contributed by atoms with E-state index in [1.165, 1.54) is 32.1 Å². The quantitative estimate of drug-likeness (QED) is 0.0197. The van der Waals surface area contributed by atoms with Crippen LogP contribution in [0.3, 0.4) is 0 Å². The number of allylic oxidation sites excluding steroid dienone is 20. The minimum absolute atomic E-state index is 0.0126. The lowest BCUT2D eigenvalue weighted by Crippen LogP contribution is -2.37. The molecular weight excluding hydrogens is 854 g/mol. The lowest BCUT2D eigenvalue weighted by atomic mass is 10.1. The van der Waals surface area contributed by atoms with Crippen LogP contribution < -0.4 is 4.89 Å². The van der Waals surface area contributed by atoms with Crippen molar-refractivity contribution in [2.45, 2.75) is 187 Å². The molecule has 2 unspecified atom stereocenters. The van der Waals surface area contributed by atoms with Crippen LogP contribution in [0.25, 0.3) is 0 Å². The molecule has 0 aromatic rings. The van der Waals surface area contributed by atoms with Crippen LogP contribution in [-0.2, 0) is 27.9 Å². The highest BCUT2D eigenvalue weighted by atomic mass is 31.2. The van der Waals surface area contributed by atoms with E-state index in [-0.39, 0.29) is 32.2 Å². The molecule has 0 N–H and O–H groups in total. The molecule has 0 fully saturated rings. The van der Waals surface area contributed by atoms with Crippen molar-refractivity contribution in [1.82, 2.24) is 0 Å². The zero-order valence-corrected chi connectivity index (χ0v) is 44.2. The molecular formula is C58H98NO7P. The summed E-state index contributed by atoms with van der Waals surface area (Å²) < 4.78 is 34.7. The molecule has 0 aliphatic carbocycles. The number of carbonyl (C=O) groups is 1. The Labute approximate surface area is 412 Å². The van der Waals surface area contributed by atoms with Crippen molar-refractivity contribution in [1.29, 1.82) is 0 Å². The van der Waals surface area contributed by atoms with Gasteiger partial charge < -0.3 is 27.9 Å². The van der Waals surface area contributed by atoms with Gasteiger partial charge in [-0.2, -0.15) is 0 Å². The standard InChI is InChI=1S/C58H98NO7P/c1-6-8-10-12-14-16-18-20-22-24-26-28-29-30-32-34-36-38-40-42-44-46-48-50-53-63-55-57(56-65-67(61,62)64-54-52-59(3,4)5)66-58(60)51-49-47-45-43-41-39-37-35-33-31-27-25-23-21-19-17-15-13-11-9-7-2/h8-11,14-17,20-23,26-28,30-32,35,37,57H,6-7,12-13,18-19,24-25,29,33-34,36,38-56H2,1-5H3/b10-8-,11-9-,16-14-,17-15-,22-20-,23-21-,28-26-,31-27-,32-30-,37-35-. The van der Waals surface area contributed by atoms with Gasteiger partial charge in [0.15, 0.2) is 0 Å². The summed E-state index contributed by atoms with van der Waals surface area (Å²) in [5.74, 6) is -0.361. The second-order valence-corrected chi connectivity index (χ2v) is 19.5. The Morgan fingerprint density at radius 2 is 0.821 bits per heavy atom. The number of carbonyl (C=O) groups excluding carboxylic acids is 1. The Balaban J connectivity index is 4.23. The molecule has 0 saturated carbocycles. The van der Waals surface area contributed by atoms with Gasteiger partial charge >= 0.3 is 5.97 Å². The first-order valence-electron chi connectivity index (χ1n) is 26.3. The SMILES string of the molecule is CC/C=C\C/C=C\C/C=C\C/C=C\C/C=C\CCCCCCCCCCOCC(COP(=O)([O-])OCC[N+](C)(C)C)OC(=O)CCCCCCC/C=C\C/C=C\C/C=C\C/C=C\C/C=C\CC. The van der Waals surface area contributed by atoms with E-state index in [1.54, 1.807) is 0 Å². The maximum absolute atomic E-state index is 12.8. The average molecular weight is 952 g/mol. The smallest absolute Gasteiger partial charge is 0.306 e. The summed E-state index contributed by atoms with van der Waals surface area (Å²) in [6.07, 6.45) is 70.8. The maximum atomic E-state index is 12.8. The molecule has 0 saturated heterocycles. The minimum atomic E-state index is -4.55. The third-order valence-electron chi connectivity index (χ3n) is 10.5. The summed E-state index contributed by atoms with van der Waals surface area (Å²) in [5.41, 5.74) is 0. The van der Waals surface area contributed by atoms with E-state index in [1.807, 2.05) is 21.1 Å². The van der Waals surface area contributed by atoms with Gasteiger partial charge in [0.25, 0.3) is 7.82 Å². The van der Waals surface area contributed by atoms with E-state index in [0.717, 1.165) is 128 Å². The fourth-order valence-corrected chi connectivity index (χ4v) is 7.27. The minimum Gasteiger partial charge on any atom is -0.756 e. The summed E-state index contributed by atoms with van der Waals surface area (Å²) in [7, 11) is 1.31. The van der Waals surface area contributed by atoms with E-state index in [0.29, 0.717) is 17.6 Å². The Bertz CT molecular complexity index is 1480. The van der Waals surface area contributed by atoms with Crippen molar-refractivity contribution in [2.24, 2.45) is 0 Å². The molecule has 0 aliphatic heterocycles. The van der Waals surface area contributed by atoms with E-state index in [9.17, 15) is 14.3 Å². The number of phosphoric acid groups is 1. The van der Waals surface area contributed by atoms with Crippen molar-refractivity contribution in [2.75, 3.05) is 54.1 Å². The van der Waals surface area contributed by atoms with Crippen molar-refractivity contribution >= 4 is 13.8 Å². The summed E-state index contributed by atoms with van der Waals surface area (Å²) in [6.45, 7) is 5.11. The van der Waals surface area contributed by atoms with Gasteiger partial charge in [0, 0.05) is 13.0 Å². The lowest BCUT2D eigenvalue weighted by Gasteiger charge is -2.28. The molecule has 0 amide bonds. The Morgan fingerprint density at radius 3 is 1.22 bits per heavy atom. The average Bonchev–Trinajstić information content (AvgIpc) is 3.29. The fraction of sp³-hybridized carbons (Fsp3) is 0.638. The number of rotatable bonds is 47. The number of nitrogens with zero attached hydrogens (tertiary/aromatic N) is 1. The van der Waals surface area contributed by atoms with Crippen LogP contribution in [0.2, 0.25) is 0 Å². The summed E-state index contributed by atoms with van der Waals surface area (Å²) >= 11 is 0. The Morgan fingerprint density at radius 1 is 0.463 bits per heavy atom. The second kappa shape index (κ2) is 49.3. The lowest BCUT2D eigenvalue weighted by molar-refractivity contribution is -0.870. The number of unbranched alkanes of at least 4 members (excludes halogenated alkanes) is 13. The molecule has 0 bridgehead atoms. The number of phosphoric ester groups is 1. The van der Waals surface area contributed by atoms with Gasteiger partial charge in [0.2, 0.25) is 0 Å². The molecule has 0 rings (SSSR count). The molecule has 382 valence electrons. The molecule has 0 aromatic heterocycles. The van der Waals surface area contributed by atoms with E-state index < -0.39 is 13.9 Å². The van der Waals surface area contributed by atoms with Crippen molar-refractivity contribution in [3.8, 4) is 0 Å². The summed E-state index contributed by atoms with van der Waals surface area (Å²) in [6, 6.07) is 0. The highest BCUT2D eigenvalue weighted by molar-refractivity contribution is 7.45. The summed E-state index contributed by atoms with van der Waals surface area (Å²) in [5, 5.41) is 0. The molecule has 0 aliphatic rings. The van der Waals surface area contributed by atoms with Crippen LogP contribution in [0, 0.1) is 0 Å². The zero-order chi connectivity index (χ0) is 49.0. The molecule has 0 aromatic carbocycles. The van der Waals surface area contributed by atoms with Gasteiger partial charge in [-0.15, -0.1) is 0 Å². The summed E-state index contributed by atoms with van der Waals surface area (Å²) in [4.78, 5) is 25.2. The second-order valence-electron chi connectivity index (χ2n) is 18.1. The molecule has 0 radical (unpaired) electrons. The largest absolute Gasteiger partial charge is 0.756 e. The first-order valence-corrected chi connectivity index (χ1v) is 27.7. The van der Waals surface area contributed by atoms with Gasteiger partial charge in [0.05, 0.1) is 34.4 Å². The van der Waals surface area contributed by atoms with Crippen LogP contribution in [-0.4, -0.2) is 70.7 Å². The van der Waals surface area contributed by atoms with Gasteiger partial charge in [-0.3, -0.25) is 9.36 Å². The van der Waals surface area contributed by atoms with Crippen molar-refractivity contribution in [3.05, 3.63) is 122 Å². The van der Waals surface area contributed by atoms with Gasteiger partial charge in [0.1, 0.15) is 19.3 Å². The van der Waals surface area contributed by atoms with Crippen molar-refractivity contribution in [3.63, 3.8) is 0 Å². The van der Waals surface area contributed by atoms with Crippen molar-refractivity contribution < 1.29 is 37.3 Å². The molecule has 8 nitrogen and oxygen atoms in total. The normalized spacial score (nSPS) is 14.5. The highest BCUT2D eigenvalue weighted by Crippen LogP contribution is 2.38. The third kappa shape index (κ3) is 53.7. The van der Waals surface area contributed by atoms with E-state index in [2.05, 4.69) is 135 Å². The van der Waals surface area contributed by atoms with E-state index >= 15 is 0 Å². The van der Waals surface area contributed by atoms with Gasteiger partial charge in [-0.25, -0.2) is 0 Å². The topological polar surface area (TPSA) is 94.1 Å². The molecule has 2 atom stereocenters. The zero-order valence-electron chi connectivity index (χ0n) is 43.3. The number of likely N-dealkylation sites (N-methyl/N-ethyl adjacent to an activating group) is 1. The first kappa shape index (κ1) is 63.9. The number of hydrogen-bond acceptors (Lipinski definition) is 7. The number of quaternary nitrogens is 1. The Kier molecular flexibility index (Phi) is 47.0.